The summed E-state index contributed by atoms with van der Waals surface area (Å²) >= 11 is 7.25. The van der Waals surface area contributed by atoms with Crippen molar-refractivity contribution in [3.05, 3.63) is 87.6 Å². The molecule has 168 valence electrons. The van der Waals surface area contributed by atoms with Crippen molar-refractivity contribution < 1.29 is 18.0 Å². The third-order valence-corrected chi connectivity index (χ3v) is 7.01. The summed E-state index contributed by atoms with van der Waals surface area (Å²) in [7, 11) is -3.90. The van der Waals surface area contributed by atoms with Gasteiger partial charge in [-0.2, -0.15) is 0 Å². The number of hydrogen-bond acceptors (Lipinski definition) is 5. The summed E-state index contributed by atoms with van der Waals surface area (Å²) in [5, 5.41) is 5.06. The van der Waals surface area contributed by atoms with Crippen molar-refractivity contribution >= 4 is 44.8 Å². The van der Waals surface area contributed by atoms with Crippen molar-refractivity contribution in [2.45, 2.75) is 18.0 Å². The lowest BCUT2D eigenvalue weighted by atomic mass is 10.2. The molecule has 1 heterocycles. The fraction of sp³-hybridized carbons (Fsp3) is 0.182. The summed E-state index contributed by atoms with van der Waals surface area (Å²) in [5.74, 6) is -0.842. The molecule has 32 heavy (non-hydrogen) atoms. The van der Waals surface area contributed by atoms with Crippen molar-refractivity contribution in [1.82, 2.24) is 14.9 Å². The van der Waals surface area contributed by atoms with Crippen LogP contribution in [0.3, 0.4) is 0 Å². The number of amides is 2. The molecule has 2 aromatic carbocycles. The maximum absolute atomic E-state index is 12.8. The van der Waals surface area contributed by atoms with Crippen molar-refractivity contribution in [1.29, 1.82) is 0 Å². The van der Waals surface area contributed by atoms with Crippen LogP contribution >= 0.6 is 22.9 Å². The fourth-order valence-corrected chi connectivity index (χ4v) is 4.63. The second-order valence-corrected chi connectivity index (χ2v) is 10.1. The summed E-state index contributed by atoms with van der Waals surface area (Å²) in [6.07, 6.45) is 0. The van der Waals surface area contributed by atoms with Crippen LogP contribution in [-0.4, -0.2) is 38.2 Å². The highest BCUT2D eigenvalue weighted by Gasteiger charge is 2.21. The molecular weight excluding hydrogens is 470 g/mol. The van der Waals surface area contributed by atoms with Gasteiger partial charge in [0.25, 0.3) is 0 Å². The molecule has 0 aliphatic carbocycles. The average Bonchev–Trinajstić information content (AvgIpc) is 3.30. The number of carbonyl (C=O) groups excluding carboxylic acids is 2. The van der Waals surface area contributed by atoms with Crippen LogP contribution in [0.2, 0.25) is 5.02 Å². The maximum Gasteiger partial charge on any atom is 0.241 e. The molecule has 0 fully saturated rings. The number of carbonyl (C=O) groups is 2. The van der Waals surface area contributed by atoms with E-state index < -0.39 is 22.5 Å². The normalized spacial score (nSPS) is 11.2. The molecular formula is C22H22ClN3O4S2. The molecule has 0 radical (unpaired) electrons. The highest BCUT2D eigenvalue weighted by Crippen LogP contribution is 2.15. The predicted molar refractivity (Wildman–Crippen MR) is 125 cm³/mol. The van der Waals surface area contributed by atoms with E-state index in [9.17, 15) is 18.0 Å². The first-order valence-electron chi connectivity index (χ1n) is 9.69. The Balaban J connectivity index is 1.62. The van der Waals surface area contributed by atoms with Gasteiger partial charge >= 0.3 is 0 Å². The van der Waals surface area contributed by atoms with Crippen LogP contribution in [0, 0.1) is 0 Å². The zero-order chi connectivity index (χ0) is 23.0. The lowest BCUT2D eigenvalue weighted by Crippen LogP contribution is -2.44. The van der Waals surface area contributed by atoms with Crippen LogP contribution in [0.1, 0.15) is 10.4 Å². The van der Waals surface area contributed by atoms with Gasteiger partial charge in [0.15, 0.2) is 0 Å². The zero-order valence-electron chi connectivity index (χ0n) is 17.0. The fourth-order valence-electron chi connectivity index (χ4n) is 2.81. The Kier molecular flexibility index (Phi) is 8.40. The maximum atomic E-state index is 12.8. The zero-order valence-corrected chi connectivity index (χ0v) is 19.4. The molecule has 0 bridgehead atoms. The quantitative estimate of drug-likeness (QED) is 0.455. The Morgan fingerprint density at radius 2 is 1.69 bits per heavy atom. The van der Waals surface area contributed by atoms with Gasteiger partial charge in [-0.15, -0.1) is 11.3 Å². The lowest BCUT2D eigenvalue weighted by Gasteiger charge is -2.22. The van der Waals surface area contributed by atoms with Crippen molar-refractivity contribution in [2.75, 3.05) is 13.1 Å². The first-order valence-corrected chi connectivity index (χ1v) is 12.4. The Morgan fingerprint density at radius 1 is 0.969 bits per heavy atom. The molecule has 0 saturated heterocycles. The smallest absolute Gasteiger partial charge is 0.241 e. The topological polar surface area (TPSA) is 95.6 Å². The first kappa shape index (κ1) is 23.9. The summed E-state index contributed by atoms with van der Waals surface area (Å²) in [6.45, 7) is -0.115. The number of halogens is 1. The summed E-state index contributed by atoms with van der Waals surface area (Å²) < 4.78 is 27.2. The number of nitrogens with zero attached hydrogens (tertiary/aromatic N) is 1. The van der Waals surface area contributed by atoms with Crippen molar-refractivity contribution in [2.24, 2.45) is 0 Å². The molecule has 3 rings (SSSR count). The minimum Gasteiger partial charge on any atom is -0.350 e. The molecule has 7 nitrogen and oxygen atoms in total. The van der Waals surface area contributed by atoms with Gasteiger partial charge in [-0.05, 0) is 41.3 Å². The summed E-state index contributed by atoms with van der Waals surface area (Å²) in [5.41, 5.74) is 0.938. The third kappa shape index (κ3) is 7.16. The summed E-state index contributed by atoms with van der Waals surface area (Å²) in [6, 6.07) is 18.7. The number of rotatable bonds is 10. The SMILES string of the molecule is O=C(CN(Cc1cccs1)C(=O)CNS(=O)(=O)c1ccc(Cl)cc1)NCc1ccccc1. The van der Waals surface area contributed by atoms with Crippen LogP contribution in [0.15, 0.2) is 77.0 Å². The van der Waals surface area contributed by atoms with Crippen molar-refractivity contribution in [3.63, 3.8) is 0 Å². The van der Waals surface area contributed by atoms with E-state index in [-0.39, 0.29) is 23.9 Å². The van der Waals surface area contributed by atoms with Crippen LogP contribution in [0.4, 0.5) is 0 Å². The van der Waals surface area contributed by atoms with Gasteiger partial charge in [-0.3, -0.25) is 9.59 Å². The number of thiophene rings is 1. The molecule has 2 amide bonds. The van der Waals surface area contributed by atoms with Gasteiger partial charge < -0.3 is 10.2 Å². The van der Waals surface area contributed by atoms with Gasteiger partial charge in [-0.25, -0.2) is 13.1 Å². The molecule has 0 unspecified atom stereocenters. The second kappa shape index (κ2) is 11.2. The molecule has 0 saturated carbocycles. The van der Waals surface area contributed by atoms with Gasteiger partial charge in [0, 0.05) is 16.4 Å². The minimum atomic E-state index is -3.90. The average molecular weight is 492 g/mol. The van der Waals surface area contributed by atoms with E-state index in [1.807, 2.05) is 47.8 Å². The van der Waals surface area contributed by atoms with Crippen LogP contribution in [-0.2, 0) is 32.7 Å². The van der Waals surface area contributed by atoms with Gasteiger partial charge in [-0.1, -0.05) is 48.0 Å². The molecule has 10 heteroatoms. The molecule has 1 aromatic heterocycles. The second-order valence-electron chi connectivity index (χ2n) is 6.87. The summed E-state index contributed by atoms with van der Waals surface area (Å²) in [4.78, 5) is 27.5. The minimum absolute atomic E-state index is 0.000103. The van der Waals surface area contributed by atoms with Crippen LogP contribution in [0.5, 0.6) is 0 Å². The van der Waals surface area contributed by atoms with E-state index in [0.717, 1.165) is 10.4 Å². The molecule has 0 aliphatic rings. The number of nitrogens with one attached hydrogen (secondary N) is 2. The predicted octanol–water partition coefficient (Wildman–Crippen LogP) is 3.03. The number of benzene rings is 2. The van der Waals surface area contributed by atoms with Gasteiger partial charge in [0.05, 0.1) is 24.5 Å². The highest BCUT2D eigenvalue weighted by atomic mass is 35.5. The first-order chi connectivity index (χ1) is 15.3. The largest absolute Gasteiger partial charge is 0.350 e. The number of hydrogen-bond donors (Lipinski definition) is 2. The van der Waals surface area contributed by atoms with E-state index >= 15 is 0 Å². The lowest BCUT2D eigenvalue weighted by molar-refractivity contribution is -0.135. The Bertz CT molecular complexity index is 1140. The van der Waals surface area contributed by atoms with Crippen LogP contribution < -0.4 is 10.0 Å². The standard InChI is InChI=1S/C22H22ClN3O4S2/c23-18-8-10-20(11-9-18)32(29,30)25-14-22(28)26(15-19-7-4-12-31-19)16-21(27)24-13-17-5-2-1-3-6-17/h1-12,25H,13-16H2,(H,24,27). The van der Waals surface area contributed by atoms with E-state index in [2.05, 4.69) is 10.0 Å². The van der Waals surface area contributed by atoms with E-state index in [1.54, 1.807) is 0 Å². The van der Waals surface area contributed by atoms with E-state index in [4.69, 9.17) is 11.6 Å². The number of sulfonamides is 1. The highest BCUT2D eigenvalue weighted by molar-refractivity contribution is 7.89. The molecule has 3 aromatic rings. The monoisotopic (exact) mass is 491 g/mol. The van der Waals surface area contributed by atoms with E-state index in [0.29, 0.717) is 11.6 Å². The third-order valence-electron chi connectivity index (χ3n) is 4.48. The van der Waals surface area contributed by atoms with Crippen molar-refractivity contribution in [3.8, 4) is 0 Å². The van der Waals surface area contributed by atoms with E-state index in [1.165, 1.54) is 40.5 Å². The molecule has 2 N–H and O–H groups in total. The van der Waals surface area contributed by atoms with Crippen LogP contribution in [0.25, 0.3) is 0 Å². The Labute approximate surface area is 196 Å². The Morgan fingerprint density at radius 3 is 2.34 bits per heavy atom. The molecule has 0 aliphatic heterocycles. The molecule has 0 atom stereocenters. The van der Waals surface area contributed by atoms with Gasteiger partial charge in [0.2, 0.25) is 21.8 Å². The van der Waals surface area contributed by atoms with Gasteiger partial charge in [0.1, 0.15) is 0 Å². The molecule has 0 spiro atoms. The Hall–Kier alpha value is -2.72.